The van der Waals surface area contributed by atoms with Crippen molar-refractivity contribution in [3.63, 3.8) is 0 Å². The van der Waals surface area contributed by atoms with Gasteiger partial charge in [0.2, 0.25) is 0 Å². The van der Waals surface area contributed by atoms with Crippen LogP contribution >= 0.6 is 0 Å². The molecule has 23 heavy (non-hydrogen) atoms. The molecule has 2 saturated heterocycles. The van der Waals surface area contributed by atoms with Crippen LogP contribution in [-0.4, -0.2) is 37.6 Å². The molecule has 0 amide bonds. The monoisotopic (exact) mass is 327 g/mol. The third-order valence-electron chi connectivity index (χ3n) is 5.05. The van der Waals surface area contributed by atoms with Gasteiger partial charge in [-0.1, -0.05) is 0 Å². The first-order valence-corrected chi connectivity index (χ1v) is 7.84. The van der Waals surface area contributed by atoms with Gasteiger partial charge in [0.05, 0.1) is 16.7 Å². The lowest BCUT2D eigenvalue weighted by molar-refractivity contribution is 0.00578. The topological polar surface area (TPSA) is 21.7 Å². The van der Waals surface area contributed by atoms with Crippen molar-refractivity contribution < 1.29 is 22.5 Å². The summed E-state index contributed by atoms with van der Waals surface area (Å²) >= 11 is 0. The highest BCUT2D eigenvalue weighted by Gasteiger charge is 2.53. The van der Waals surface area contributed by atoms with Gasteiger partial charge in [0.15, 0.2) is 0 Å². The minimum atomic E-state index is -1.10. The van der Waals surface area contributed by atoms with E-state index in [-0.39, 0.29) is 12.0 Å². The Hall–Kier alpha value is -1.21. The summed E-state index contributed by atoms with van der Waals surface area (Å²) in [5.41, 5.74) is -1.24. The first-order chi connectivity index (χ1) is 10.6. The summed E-state index contributed by atoms with van der Waals surface area (Å²) in [6, 6.07) is 2.45. The van der Waals surface area contributed by atoms with Crippen molar-refractivity contribution in [2.45, 2.75) is 51.5 Å². The molecule has 0 aromatic heterocycles. The Balaban J connectivity index is 1.90. The molecular formula is C16H21BF3NO2. The standard InChI is InChI=1S/C16H21BF3NO2/c1-15(2)16(3,4)23-17(22-15)14-12(19)7-11(8-13(14)20)21-6-5-10(18)9-21/h7-8,10H,5-6,9H2,1-4H3/t10-/m1/s1. The largest absolute Gasteiger partial charge is 0.500 e. The van der Waals surface area contributed by atoms with E-state index in [0.29, 0.717) is 18.7 Å². The SMILES string of the molecule is CC1(C)OB(c2c(F)cc(N3CC[C@@H](F)C3)cc2F)OC1(C)C. The summed E-state index contributed by atoms with van der Waals surface area (Å²) < 4.78 is 53.7. The number of nitrogens with zero attached hydrogens (tertiary/aromatic N) is 1. The number of rotatable bonds is 2. The number of halogens is 3. The van der Waals surface area contributed by atoms with E-state index < -0.39 is 36.1 Å². The van der Waals surface area contributed by atoms with Crippen LogP contribution in [0.5, 0.6) is 0 Å². The quantitative estimate of drug-likeness (QED) is 0.780. The van der Waals surface area contributed by atoms with Crippen LogP contribution in [0.3, 0.4) is 0 Å². The summed E-state index contributed by atoms with van der Waals surface area (Å²) in [6.07, 6.45) is -0.578. The molecular weight excluding hydrogens is 306 g/mol. The van der Waals surface area contributed by atoms with Crippen molar-refractivity contribution in [3.8, 4) is 0 Å². The number of hydrogen-bond acceptors (Lipinski definition) is 3. The smallest absolute Gasteiger partial charge is 0.399 e. The summed E-state index contributed by atoms with van der Waals surface area (Å²) in [5, 5.41) is 0. The highest BCUT2D eigenvalue weighted by molar-refractivity contribution is 6.62. The van der Waals surface area contributed by atoms with Gasteiger partial charge >= 0.3 is 7.12 Å². The molecule has 126 valence electrons. The van der Waals surface area contributed by atoms with E-state index >= 15 is 0 Å². The van der Waals surface area contributed by atoms with Crippen molar-refractivity contribution in [1.29, 1.82) is 0 Å². The van der Waals surface area contributed by atoms with Gasteiger partial charge in [-0.25, -0.2) is 13.2 Å². The molecule has 7 heteroatoms. The Labute approximate surface area is 134 Å². The zero-order chi connectivity index (χ0) is 17.0. The molecule has 1 aromatic carbocycles. The number of benzene rings is 1. The van der Waals surface area contributed by atoms with Gasteiger partial charge in [-0.3, -0.25) is 0 Å². The zero-order valence-electron chi connectivity index (χ0n) is 13.8. The van der Waals surface area contributed by atoms with Crippen LogP contribution in [0.15, 0.2) is 12.1 Å². The van der Waals surface area contributed by atoms with E-state index in [4.69, 9.17) is 9.31 Å². The molecule has 0 bridgehead atoms. The fourth-order valence-electron chi connectivity index (χ4n) is 2.89. The molecule has 2 fully saturated rings. The molecule has 0 N–H and O–H groups in total. The maximum Gasteiger partial charge on any atom is 0.500 e. The average molecular weight is 327 g/mol. The van der Waals surface area contributed by atoms with Crippen LogP contribution < -0.4 is 10.4 Å². The lowest BCUT2D eigenvalue weighted by Crippen LogP contribution is -2.41. The first-order valence-electron chi connectivity index (χ1n) is 7.84. The second-order valence-corrected chi connectivity index (χ2v) is 7.24. The molecule has 1 aromatic rings. The summed E-state index contributed by atoms with van der Waals surface area (Å²) in [6.45, 7) is 7.90. The highest BCUT2D eigenvalue weighted by Crippen LogP contribution is 2.37. The Kier molecular flexibility index (Phi) is 3.92. The number of anilines is 1. The molecule has 3 rings (SSSR count). The van der Waals surface area contributed by atoms with Crippen LogP contribution in [0.4, 0.5) is 18.9 Å². The molecule has 2 aliphatic rings. The molecule has 0 saturated carbocycles. The Bertz CT molecular complexity index is 584. The Morgan fingerprint density at radius 1 is 1.09 bits per heavy atom. The predicted octanol–water partition coefficient (Wildman–Crippen LogP) is 2.81. The Morgan fingerprint density at radius 3 is 2.04 bits per heavy atom. The maximum atomic E-state index is 14.5. The second kappa shape index (κ2) is 5.41. The van der Waals surface area contributed by atoms with Gasteiger partial charge in [0, 0.05) is 18.8 Å². The highest BCUT2D eigenvalue weighted by atomic mass is 19.1. The van der Waals surface area contributed by atoms with Crippen molar-refractivity contribution in [1.82, 2.24) is 0 Å². The van der Waals surface area contributed by atoms with Crippen LogP contribution in [0.1, 0.15) is 34.1 Å². The van der Waals surface area contributed by atoms with Crippen molar-refractivity contribution >= 4 is 18.3 Å². The van der Waals surface area contributed by atoms with Crippen molar-refractivity contribution in [3.05, 3.63) is 23.8 Å². The van der Waals surface area contributed by atoms with Gasteiger partial charge in [0.1, 0.15) is 17.8 Å². The predicted molar refractivity (Wildman–Crippen MR) is 83.8 cm³/mol. The van der Waals surface area contributed by atoms with E-state index in [9.17, 15) is 13.2 Å². The minimum Gasteiger partial charge on any atom is -0.399 e. The van der Waals surface area contributed by atoms with Crippen LogP contribution in [0.2, 0.25) is 0 Å². The molecule has 1 atom stereocenters. The van der Waals surface area contributed by atoms with E-state index in [1.165, 1.54) is 12.1 Å². The van der Waals surface area contributed by atoms with Gasteiger partial charge in [0.25, 0.3) is 0 Å². The summed E-state index contributed by atoms with van der Waals surface area (Å²) in [7, 11) is -1.10. The summed E-state index contributed by atoms with van der Waals surface area (Å²) in [5.74, 6) is -1.47. The third kappa shape index (κ3) is 2.85. The molecule has 2 heterocycles. The van der Waals surface area contributed by atoms with Crippen LogP contribution in [-0.2, 0) is 9.31 Å². The zero-order valence-corrected chi connectivity index (χ0v) is 13.8. The molecule has 2 aliphatic heterocycles. The summed E-state index contributed by atoms with van der Waals surface area (Å²) in [4.78, 5) is 1.64. The molecule has 0 aliphatic carbocycles. The van der Waals surface area contributed by atoms with Crippen LogP contribution in [0.25, 0.3) is 0 Å². The van der Waals surface area contributed by atoms with Crippen LogP contribution in [0, 0.1) is 11.6 Å². The van der Waals surface area contributed by atoms with Gasteiger partial charge in [-0.2, -0.15) is 0 Å². The van der Waals surface area contributed by atoms with Gasteiger partial charge in [-0.15, -0.1) is 0 Å². The minimum absolute atomic E-state index is 0.161. The van der Waals surface area contributed by atoms with Gasteiger partial charge in [-0.05, 0) is 46.2 Å². The fourth-order valence-corrected chi connectivity index (χ4v) is 2.89. The number of hydrogen-bond donors (Lipinski definition) is 0. The molecule has 3 nitrogen and oxygen atoms in total. The molecule has 0 spiro atoms. The second-order valence-electron chi connectivity index (χ2n) is 7.24. The van der Waals surface area contributed by atoms with E-state index in [0.717, 1.165) is 0 Å². The molecule has 0 radical (unpaired) electrons. The fraction of sp³-hybridized carbons (Fsp3) is 0.625. The van der Waals surface area contributed by atoms with Crippen molar-refractivity contribution in [2.75, 3.05) is 18.0 Å². The lowest BCUT2D eigenvalue weighted by Gasteiger charge is -2.32. The molecule has 0 unspecified atom stereocenters. The van der Waals surface area contributed by atoms with E-state index in [1.54, 1.807) is 4.90 Å². The third-order valence-corrected chi connectivity index (χ3v) is 5.05. The maximum absolute atomic E-state index is 14.5. The lowest BCUT2D eigenvalue weighted by atomic mass is 9.78. The Morgan fingerprint density at radius 2 is 1.61 bits per heavy atom. The first kappa shape index (κ1) is 16.6. The average Bonchev–Trinajstić information content (AvgIpc) is 2.91. The van der Waals surface area contributed by atoms with E-state index in [2.05, 4.69) is 0 Å². The van der Waals surface area contributed by atoms with Crippen molar-refractivity contribution in [2.24, 2.45) is 0 Å². The van der Waals surface area contributed by atoms with E-state index in [1.807, 2.05) is 27.7 Å². The van der Waals surface area contributed by atoms with Gasteiger partial charge < -0.3 is 14.2 Å². The normalized spacial score (nSPS) is 26.1. The number of alkyl halides is 1.